The van der Waals surface area contributed by atoms with Crippen LogP contribution >= 0.6 is 11.3 Å². The zero-order valence-electron chi connectivity index (χ0n) is 12.1. The molecular weight excluding hydrogens is 272 g/mol. The topological polar surface area (TPSA) is 42.4 Å². The normalized spacial score (nSPS) is 10.7. The number of nitrogens with zero attached hydrogens (tertiary/aromatic N) is 2. The molecule has 0 bridgehead atoms. The monoisotopic (exact) mass is 290 g/mol. The van der Waals surface area contributed by atoms with Gasteiger partial charge in [-0.05, 0) is 30.2 Å². The Hall–Kier alpha value is -1.88. The maximum absolute atomic E-state index is 11.1. The minimum Gasteiger partial charge on any atom is -0.497 e. The van der Waals surface area contributed by atoms with Gasteiger partial charge in [0.2, 0.25) is 0 Å². The van der Waals surface area contributed by atoms with Crippen LogP contribution in [-0.2, 0) is 0 Å². The minimum atomic E-state index is 0.240. The van der Waals surface area contributed by atoms with E-state index in [9.17, 15) is 4.79 Å². The van der Waals surface area contributed by atoms with Gasteiger partial charge in [-0.2, -0.15) is 0 Å². The molecule has 5 heteroatoms. The van der Waals surface area contributed by atoms with Gasteiger partial charge in [0.05, 0.1) is 17.7 Å². The van der Waals surface area contributed by atoms with Crippen molar-refractivity contribution in [1.29, 1.82) is 0 Å². The number of methoxy groups -OCH3 is 1. The highest BCUT2D eigenvalue weighted by atomic mass is 32.1. The first kappa shape index (κ1) is 14.5. The minimum absolute atomic E-state index is 0.240. The van der Waals surface area contributed by atoms with Crippen molar-refractivity contribution in [2.45, 2.75) is 19.8 Å². The zero-order valence-corrected chi connectivity index (χ0v) is 12.9. The molecule has 0 radical (unpaired) electrons. The molecule has 0 aliphatic carbocycles. The van der Waals surface area contributed by atoms with Gasteiger partial charge >= 0.3 is 0 Å². The van der Waals surface area contributed by atoms with Crippen molar-refractivity contribution in [3.05, 3.63) is 34.8 Å². The number of anilines is 2. The van der Waals surface area contributed by atoms with Gasteiger partial charge in [0, 0.05) is 12.7 Å². The first-order valence-electron chi connectivity index (χ1n) is 6.40. The third kappa shape index (κ3) is 2.82. The summed E-state index contributed by atoms with van der Waals surface area (Å²) in [4.78, 5) is 18.4. The van der Waals surface area contributed by atoms with E-state index in [-0.39, 0.29) is 5.92 Å². The Morgan fingerprint density at radius 1 is 1.30 bits per heavy atom. The van der Waals surface area contributed by atoms with Crippen LogP contribution in [0.3, 0.4) is 0 Å². The van der Waals surface area contributed by atoms with Crippen molar-refractivity contribution >= 4 is 28.4 Å². The third-order valence-electron chi connectivity index (χ3n) is 3.07. The summed E-state index contributed by atoms with van der Waals surface area (Å²) in [7, 11) is 3.59. The first-order valence-corrected chi connectivity index (χ1v) is 7.22. The largest absolute Gasteiger partial charge is 0.497 e. The standard InChI is InChI=1S/C15H18N2O2S/c1-10(2)14-13(9-18)20-15(16-14)17(3)11-5-7-12(19-4)8-6-11/h5-10H,1-4H3. The number of rotatable bonds is 5. The van der Waals surface area contributed by atoms with E-state index >= 15 is 0 Å². The number of aldehydes is 1. The van der Waals surface area contributed by atoms with Gasteiger partial charge in [0.1, 0.15) is 5.75 Å². The Bertz CT molecular complexity index is 590. The highest BCUT2D eigenvalue weighted by molar-refractivity contribution is 7.17. The lowest BCUT2D eigenvalue weighted by Crippen LogP contribution is -2.09. The maximum atomic E-state index is 11.1. The quantitative estimate of drug-likeness (QED) is 0.784. The number of benzene rings is 1. The predicted octanol–water partition coefficient (Wildman–Crippen LogP) is 3.86. The van der Waals surface area contributed by atoms with Crippen molar-refractivity contribution in [3.63, 3.8) is 0 Å². The predicted molar refractivity (Wildman–Crippen MR) is 82.6 cm³/mol. The number of hydrogen-bond acceptors (Lipinski definition) is 5. The van der Waals surface area contributed by atoms with E-state index in [0.29, 0.717) is 4.88 Å². The number of hydrogen-bond donors (Lipinski definition) is 0. The fourth-order valence-electron chi connectivity index (χ4n) is 1.89. The van der Waals surface area contributed by atoms with Gasteiger partial charge in [-0.1, -0.05) is 25.2 Å². The van der Waals surface area contributed by atoms with Crippen LogP contribution in [0.1, 0.15) is 35.1 Å². The molecule has 1 heterocycles. The molecule has 1 aromatic carbocycles. The van der Waals surface area contributed by atoms with E-state index in [1.165, 1.54) is 11.3 Å². The second-order valence-corrected chi connectivity index (χ2v) is 5.78. The Morgan fingerprint density at radius 3 is 2.40 bits per heavy atom. The zero-order chi connectivity index (χ0) is 14.7. The van der Waals surface area contributed by atoms with Crippen molar-refractivity contribution in [2.24, 2.45) is 0 Å². The summed E-state index contributed by atoms with van der Waals surface area (Å²) in [6, 6.07) is 7.75. The summed E-state index contributed by atoms with van der Waals surface area (Å²) in [5, 5.41) is 0.820. The lowest BCUT2D eigenvalue weighted by molar-refractivity contribution is 0.112. The highest BCUT2D eigenvalue weighted by Gasteiger charge is 2.16. The molecular formula is C15H18N2O2S. The lowest BCUT2D eigenvalue weighted by Gasteiger charge is -2.16. The summed E-state index contributed by atoms with van der Waals surface area (Å²) >= 11 is 1.42. The fourth-order valence-corrected chi connectivity index (χ4v) is 2.91. The van der Waals surface area contributed by atoms with E-state index in [0.717, 1.165) is 28.5 Å². The van der Waals surface area contributed by atoms with E-state index in [1.807, 2.05) is 50.1 Å². The molecule has 0 spiro atoms. The number of aromatic nitrogens is 1. The molecule has 0 amide bonds. The van der Waals surface area contributed by atoms with Gasteiger partial charge in [0.15, 0.2) is 11.4 Å². The van der Waals surface area contributed by atoms with Crippen LogP contribution in [0.5, 0.6) is 5.75 Å². The molecule has 0 atom stereocenters. The molecule has 2 rings (SSSR count). The number of thiazole rings is 1. The molecule has 20 heavy (non-hydrogen) atoms. The van der Waals surface area contributed by atoms with Gasteiger partial charge in [-0.3, -0.25) is 4.79 Å². The number of ether oxygens (including phenoxy) is 1. The Labute approximate surface area is 123 Å². The van der Waals surface area contributed by atoms with E-state index < -0.39 is 0 Å². The Kier molecular flexibility index (Phi) is 4.39. The van der Waals surface area contributed by atoms with Crippen molar-refractivity contribution in [3.8, 4) is 5.75 Å². The summed E-state index contributed by atoms with van der Waals surface area (Å²) in [6.45, 7) is 4.08. The maximum Gasteiger partial charge on any atom is 0.190 e. The Balaban J connectivity index is 2.32. The van der Waals surface area contributed by atoms with Gasteiger partial charge < -0.3 is 9.64 Å². The molecule has 0 N–H and O–H groups in total. The number of carbonyl (C=O) groups is 1. The van der Waals surface area contributed by atoms with Crippen LogP contribution in [0.15, 0.2) is 24.3 Å². The molecule has 106 valence electrons. The molecule has 0 fully saturated rings. The van der Waals surface area contributed by atoms with Crippen molar-refractivity contribution in [2.75, 3.05) is 19.1 Å². The Morgan fingerprint density at radius 2 is 1.95 bits per heavy atom. The highest BCUT2D eigenvalue weighted by Crippen LogP contribution is 2.33. The molecule has 0 saturated carbocycles. The van der Waals surface area contributed by atoms with E-state index in [2.05, 4.69) is 4.98 Å². The van der Waals surface area contributed by atoms with Gasteiger partial charge in [0.25, 0.3) is 0 Å². The van der Waals surface area contributed by atoms with Crippen LogP contribution < -0.4 is 9.64 Å². The average molecular weight is 290 g/mol. The molecule has 2 aromatic rings. The molecule has 4 nitrogen and oxygen atoms in total. The third-order valence-corrected chi connectivity index (χ3v) is 4.14. The SMILES string of the molecule is COc1ccc(N(C)c2nc(C(C)C)c(C=O)s2)cc1. The van der Waals surface area contributed by atoms with Crippen molar-refractivity contribution < 1.29 is 9.53 Å². The second-order valence-electron chi connectivity index (χ2n) is 4.78. The molecule has 1 aromatic heterocycles. The lowest BCUT2D eigenvalue weighted by atomic mass is 10.1. The van der Waals surface area contributed by atoms with Crippen LogP contribution in [0.25, 0.3) is 0 Å². The summed E-state index contributed by atoms with van der Waals surface area (Å²) in [5.41, 5.74) is 1.87. The van der Waals surface area contributed by atoms with Gasteiger partial charge in [-0.25, -0.2) is 4.98 Å². The smallest absolute Gasteiger partial charge is 0.190 e. The van der Waals surface area contributed by atoms with E-state index in [1.54, 1.807) is 7.11 Å². The number of carbonyl (C=O) groups excluding carboxylic acids is 1. The van der Waals surface area contributed by atoms with Crippen LogP contribution in [0.2, 0.25) is 0 Å². The van der Waals surface area contributed by atoms with Crippen LogP contribution in [0, 0.1) is 0 Å². The second kappa shape index (κ2) is 6.05. The van der Waals surface area contributed by atoms with Crippen molar-refractivity contribution in [1.82, 2.24) is 4.98 Å². The molecule has 0 unspecified atom stereocenters. The first-order chi connectivity index (χ1) is 9.56. The molecule has 0 aliphatic heterocycles. The summed E-state index contributed by atoms with van der Waals surface area (Å²) in [6.07, 6.45) is 0.887. The van der Waals surface area contributed by atoms with Crippen LogP contribution in [0.4, 0.5) is 10.8 Å². The van der Waals surface area contributed by atoms with Gasteiger partial charge in [-0.15, -0.1) is 0 Å². The van der Waals surface area contributed by atoms with Crippen LogP contribution in [-0.4, -0.2) is 25.4 Å². The van der Waals surface area contributed by atoms with E-state index in [4.69, 9.17) is 4.74 Å². The fraction of sp³-hybridized carbons (Fsp3) is 0.333. The summed E-state index contributed by atoms with van der Waals surface area (Å²) in [5.74, 6) is 1.06. The summed E-state index contributed by atoms with van der Waals surface area (Å²) < 4.78 is 5.15. The average Bonchev–Trinajstić information content (AvgIpc) is 2.91. The molecule has 0 saturated heterocycles. The molecule has 0 aliphatic rings.